The SMILES string of the molecule is CC1=C(C)C(=O)C(CCCC(=O)NCCc2cccc(F)c2)=C(C)C1=O. The van der Waals surface area contributed by atoms with Crippen LogP contribution in [0.2, 0.25) is 0 Å². The predicted octanol–water partition coefficient (Wildman–Crippen LogP) is 3.46. The second-order valence-electron chi connectivity index (χ2n) is 6.60. The van der Waals surface area contributed by atoms with Crippen LogP contribution in [0, 0.1) is 5.82 Å². The molecule has 0 aliphatic heterocycles. The van der Waals surface area contributed by atoms with E-state index in [1.54, 1.807) is 26.8 Å². The fraction of sp³-hybridized carbons (Fsp3) is 0.381. The Hall–Kier alpha value is -2.56. The highest BCUT2D eigenvalue weighted by molar-refractivity contribution is 6.24. The third-order valence-corrected chi connectivity index (χ3v) is 4.77. The summed E-state index contributed by atoms with van der Waals surface area (Å²) in [6.45, 7) is 5.44. The van der Waals surface area contributed by atoms with Gasteiger partial charge in [-0.15, -0.1) is 0 Å². The molecule has 4 nitrogen and oxygen atoms in total. The minimum atomic E-state index is -0.288. The van der Waals surface area contributed by atoms with E-state index in [1.807, 2.05) is 6.07 Å². The molecule has 1 aromatic rings. The van der Waals surface area contributed by atoms with Gasteiger partial charge in [0.15, 0.2) is 11.6 Å². The number of hydrogen-bond donors (Lipinski definition) is 1. The lowest BCUT2D eigenvalue weighted by atomic mass is 9.84. The number of rotatable bonds is 7. The maximum atomic E-state index is 13.1. The average Bonchev–Trinajstić information content (AvgIpc) is 2.61. The van der Waals surface area contributed by atoms with E-state index in [1.165, 1.54) is 12.1 Å². The average molecular weight is 357 g/mol. The molecular weight excluding hydrogens is 333 g/mol. The van der Waals surface area contributed by atoms with Crippen LogP contribution in [0.4, 0.5) is 4.39 Å². The Morgan fingerprint density at radius 3 is 2.38 bits per heavy atom. The van der Waals surface area contributed by atoms with Crippen LogP contribution >= 0.6 is 0 Å². The fourth-order valence-corrected chi connectivity index (χ4v) is 3.01. The van der Waals surface area contributed by atoms with E-state index in [4.69, 9.17) is 0 Å². The van der Waals surface area contributed by atoms with E-state index in [2.05, 4.69) is 5.32 Å². The molecule has 1 N–H and O–H groups in total. The standard InChI is InChI=1S/C21H24FNO3/c1-13-14(2)21(26)18(15(3)20(13)25)8-5-9-19(24)23-11-10-16-6-4-7-17(22)12-16/h4,6-7,12H,5,8-11H2,1-3H3,(H,23,24). The minimum Gasteiger partial charge on any atom is -0.356 e. The Bertz CT molecular complexity index is 805. The zero-order valence-corrected chi connectivity index (χ0v) is 15.4. The summed E-state index contributed by atoms with van der Waals surface area (Å²) < 4.78 is 13.1. The second-order valence-corrected chi connectivity index (χ2v) is 6.60. The summed E-state index contributed by atoms with van der Waals surface area (Å²) in [5.74, 6) is -0.579. The number of ketones is 2. The van der Waals surface area contributed by atoms with Crippen molar-refractivity contribution in [2.24, 2.45) is 0 Å². The van der Waals surface area contributed by atoms with Crippen molar-refractivity contribution in [3.8, 4) is 0 Å². The molecule has 0 atom stereocenters. The van der Waals surface area contributed by atoms with Crippen LogP contribution in [0.25, 0.3) is 0 Å². The monoisotopic (exact) mass is 357 g/mol. The number of amides is 1. The first-order valence-electron chi connectivity index (χ1n) is 8.79. The maximum Gasteiger partial charge on any atom is 0.220 e. The zero-order chi connectivity index (χ0) is 19.3. The molecule has 5 heteroatoms. The topological polar surface area (TPSA) is 63.2 Å². The first kappa shape index (κ1) is 19.8. The Kier molecular flexibility index (Phi) is 6.61. The van der Waals surface area contributed by atoms with Crippen molar-refractivity contribution in [2.45, 2.75) is 46.5 Å². The second kappa shape index (κ2) is 8.70. The van der Waals surface area contributed by atoms with Gasteiger partial charge in [0.25, 0.3) is 0 Å². The molecule has 0 aromatic heterocycles. The third kappa shape index (κ3) is 4.75. The molecule has 1 amide bonds. The van der Waals surface area contributed by atoms with Crippen molar-refractivity contribution in [1.82, 2.24) is 5.32 Å². The lowest BCUT2D eigenvalue weighted by Gasteiger charge is -2.18. The summed E-state index contributed by atoms with van der Waals surface area (Å²) in [7, 11) is 0. The number of carbonyl (C=O) groups is 3. The van der Waals surface area contributed by atoms with Crippen molar-refractivity contribution < 1.29 is 18.8 Å². The number of benzene rings is 1. The van der Waals surface area contributed by atoms with E-state index in [9.17, 15) is 18.8 Å². The number of nitrogens with one attached hydrogen (secondary N) is 1. The Labute approximate surface area is 153 Å². The van der Waals surface area contributed by atoms with Gasteiger partial charge >= 0.3 is 0 Å². The van der Waals surface area contributed by atoms with E-state index < -0.39 is 0 Å². The van der Waals surface area contributed by atoms with Crippen molar-refractivity contribution in [1.29, 1.82) is 0 Å². The summed E-state index contributed by atoms with van der Waals surface area (Å²) in [5, 5.41) is 2.80. The molecule has 1 aromatic carbocycles. The Morgan fingerprint density at radius 2 is 1.69 bits per heavy atom. The van der Waals surface area contributed by atoms with Crippen molar-refractivity contribution in [3.05, 3.63) is 57.9 Å². The quantitative estimate of drug-likeness (QED) is 0.760. The molecule has 1 aliphatic carbocycles. The van der Waals surface area contributed by atoms with Gasteiger partial charge in [0.2, 0.25) is 5.91 Å². The van der Waals surface area contributed by atoms with Gasteiger partial charge < -0.3 is 5.32 Å². The highest BCUT2D eigenvalue weighted by Crippen LogP contribution is 2.27. The van der Waals surface area contributed by atoms with Crippen LogP contribution in [0.5, 0.6) is 0 Å². The first-order valence-corrected chi connectivity index (χ1v) is 8.79. The Morgan fingerprint density at radius 1 is 1.00 bits per heavy atom. The highest BCUT2D eigenvalue weighted by Gasteiger charge is 2.27. The summed E-state index contributed by atoms with van der Waals surface area (Å²) in [5.41, 5.74) is 2.84. The Balaban J connectivity index is 1.78. The molecular formula is C21H24FNO3. The van der Waals surface area contributed by atoms with Crippen molar-refractivity contribution in [3.63, 3.8) is 0 Å². The van der Waals surface area contributed by atoms with Crippen molar-refractivity contribution >= 4 is 17.5 Å². The van der Waals surface area contributed by atoms with E-state index in [0.717, 1.165) is 5.56 Å². The zero-order valence-electron chi connectivity index (χ0n) is 15.4. The van der Waals surface area contributed by atoms with Crippen LogP contribution in [0.15, 0.2) is 46.6 Å². The molecule has 1 aliphatic rings. The van der Waals surface area contributed by atoms with E-state index >= 15 is 0 Å². The van der Waals surface area contributed by atoms with Crippen molar-refractivity contribution in [2.75, 3.05) is 6.54 Å². The lowest BCUT2D eigenvalue weighted by molar-refractivity contribution is -0.121. The number of Topliss-reactive ketones (excluding diaryl/α,β-unsaturated/α-hetero) is 2. The fourth-order valence-electron chi connectivity index (χ4n) is 3.01. The number of allylic oxidation sites excluding steroid dienone is 4. The molecule has 0 bridgehead atoms. The number of halogens is 1. The summed E-state index contributed by atoms with van der Waals surface area (Å²) >= 11 is 0. The highest BCUT2D eigenvalue weighted by atomic mass is 19.1. The van der Waals surface area contributed by atoms with Crippen LogP contribution in [0.3, 0.4) is 0 Å². The van der Waals surface area contributed by atoms with E-state index in [-0.39, 0.29) is 29.7 Å². The molecule has 138 valence electrons. The van der Waals surface area contributed by atoms with Gasteiger partial charge in [-0.2, -0.15) is 0 Å². The van der Waals surface area contributed by atoms with Crippen LogP contribution in [-0.2, 0) is 20.8 Å². The van der Waals surface area contributed by atoms with Gasteiger partial charge in [0.1, 0.15) is 5.82 Å². The first-order chi connectivity index (χ1) is 12.3. The van der Waals surface area contributed by atoms with Gasteiger partial charge in [-0.3, -0.25) is 14.4 Å². The number of hydrogen-bond acceptors (Lipinski definition) is 3. The minimum absolute atomic E-state index is 0.0864. The van der Waals surface area contributed by atoms with Crippen LogP contribution in [-0.4, -0.2) is 24.0 Å². The molecule has 2 rings (SSSR count). The van der Waals surface area contributed by atoms with Crippen LogP contribution in [0.1, 0.15) is 45.6 Å². The number of carbonyl (C=O) groups excluding carboxylic acids is 3. The van der Waals surface area contributed by atoms with Gasteiger partial charge in [-0.1, -0.05) is 12.1 Å². The summed E-state index contributed by atoms with van der Waals surface area (Å²) in [6.07, 6.45) is 1.76. The predicted molar refractivity (Wildman–Crippen MR) is 98.1 cm³/mol. The molecule has 26 heavy (non-hydrogen) atoms. The lowest BCUT2D eigenvalue weighted by Crippen LogP contribution is -2.26. The van der Waals surface area contributed by atoms with Crippen LogP contribution < -0.4 is 5.32 Å². The van der Waals surface area contributed by atoms with Gasteiger partial charge in [-0.25, -0.2) is 4.39 Å². The molecule has 0 fully saturated rings. The summed E-state index contributed by atoms with van der Waals surface area (Å²) in [6, 6.07) is 6.29. The summed E-state index contributed by atoms with van der Waals surface area (Å²) in [4.78, 5) is 36.4. The molecule has 0 radical (unpaired) electrons. The third-order valence-electron chi connectivity index (χ3n) is 4.77. The van der Waals surface area contributed by atoms with Gasteiger partial charge in [0.05, 0.1) is 0 Å². The molecule has 0 unspecified atom stereocenters. The van der Waals surface area contributed by atoms with Gasteiger partial charge in [0, 0.05) is 35.3 Å². The molecule has 0 saturated carbocycles. The molecule has 0 heterocycles. The maximum absolute atomic E-state index is 13.1. The molecule has 0 saturated heterocycles. The molecule has 0 spiro atoms. The van der Waals surface area contributed by atoms with Gasteiger partial charge in [-0.05, 0) is 57.7 Å². The largest absolute Gasteiger partial charge is 0.356 e. The smallest absolute Gasteiger partial charge is 0.220 e. The van der Waals surface area contributed by atoms with E-state index in [0.29, 0.717) is 48.1 Å². The normalized spacial score (nSPS) is 14.9.